The second-order valence-electron chi connectivity index (χ2n) is 5.16. The highest BCUT2D eigenvalue weighted by atomic mass is 35.5. The number of aliphatic hydroxyl groups is 1. The first-order valence-electron chi connectivity index (χ1n) is 7.28. The lowest BCUT2D eigenvalue weighted by atomic mass is 10.2. The molecule has 6 heteroatoms. The van der Waals surface area contributed by atoms with Crippen LogP contribution in [0.2, 0.25) is 5.02 Å². The average Bonchev–Trinajstić information content (AvgIpc) is 2.94. The van der Waals surface area contributed by atoms with E-state index in [-0.39, 0.29) is 18.6 Å². The number of aryl methyl sites for hydroxylation is 1. The van der Waals surface area contributed by atoms with Crippen LogP contribution in [0.25, 0.3) is 10.9 Å². The minimum atomic E-state index is -0.157. The van der Waals surface area contributed by atoms with Gasteiger partial charge in [0, 0.05) is 35.1 Å². The molecule has 1 heterocycles. The highest BCUT2D eigenvalue weighted by molar-refractivity contribution is 7.98. The van der Waals surface area contributed by atoms with Crippen LogP contribution in [-0.4, -0.2) is 40.2 Å². The summed E-state index contributed by atoms with van der Waals surface area (Å²) in [6.45, 7) is 0.574. The van der Waals surface area contributed by atoms with Gasteiger partial charge in [-0.15, -0.1) is 0 Å². The molecule has 0 saturated carbocycles. The molecular weight excluding hydrogens is 320 g/mol. The van der Waals surface area contributed by atoms with Crippen molar-refractivity contribution < 1.29 is 9.90 Å². The SMILES string of the molecule is CSCCC(CO)NC(=O)CCn1ccc2c(Cl)cccc21. The van der Waals surface area contributed by atoms with E-state index in [4.69, 9.17) is 11.6 Å². The molecule has 1 atom stereocenters. The monoisotopic (exact) mass is 340 g/mol. The first-order valence-corrected chi connectivity index (χ1v) is 9.05. The van der Waals surface area contributed by atoms with Gasteiger partial charge in [0.25, 0.3) is 0 Å². The number of hydrogen-bond donors (Lipinski definition) is 2. The minimum absolute atomic E-state index is 0.0195. The lowest BCUT2D eigenvalue weighted by Crippen LogP contribution is -2.38. The van der Waals surface area contributed by atoms with E-state index in [2.05, 4.69) is 5.32 Å². The lowest BCUT2D eigenvalue weighted by molar-refractivity contribution is -0.122. The van der Waals surface area contributed by atoms with Crippen molar-refractivity contribution in [3.8, 4) is 0 Å². The molecule has 2 rings (SSSR count). The van der Waals surface area contributed by atoms with E-state index in [0.29, 0.717) is 13.0 Å². The summed E-state index contributed by atoms with van der Waals surface area (Å²) in [6, 6.07) is 7.57. The fourth-order valence-corrected chi connectivity index (χ4v) is 3.12. The van der Waals surface area contributed by atoms with Crippen LogP contribution in [0, 0.1) is 0 Å². The standard InChI is InChI=1S/C16H21ClN2O2S/c1-22-10-7-12(11-20)18-16(21)6-9-19-8-5-13-14(17)3-2-4-15(13)19/h2-5,8,12,20H,6-7,9-11H2,1H3,(H,18,21). The van der Waals surface area contributed by atoms with E-state index >= 15 is 0 Å². The Morgan fingerprint density at radius 3 is 3.00 bits per heavy atom. The molecule has 2 aromatic rings. The van der Waals surface area contributed by atoms with Crippen LogP contribution in [0.3, 0.4) is 0 Å². The topological polar surface area (TPSA) is 54.3 Å². The highest BCUT2D eigenvalue weighted by Crippen LogP contribution is 2.24. The van der Waals surface area contributed by atoms with Crippen molar-refractivity contribution in [2.45, 2.75) is 25.4 Å². The second kappa shape index (κ2) is 8.46. The number of aliphatic hydroxyl groups excluding tert-OH is 1. The number of rotatable bonds is 8. The Hall–Kier alpha value is -1.17. The molecule has 1 aromatic heterocycles. The molecule has 1 unspecified atom stereocenters. The van der Waals surface area contributed by atoms with Crippen molar-refractivity contribution in [3.05, 3.63) is 35.5 Å². The van der Waals surface area contributed by atoms with Crippen LogP contribution in [0.5, 0.6) is 0 Å². The first kappa shape index (κ1) is 17.2. The lowest BCUT2D eigenvalue weighted by Gasteiger charge is -2.16. The number of thioether (sulfide) groups is 1. The summed E-state index contributed by atoms with van der Waals surface area (Å²) in [7, 11) is 0. The van der Waals surface area contributed by atoms with Gasteiger partial charge >= 0.3 is 0 Å². The zero-order valence-electron chi connectivity index (χ0n) is 12.6. The summed E-state index contributed by atoms with van der Waals surface area (Å²) >= 11 is 7.85. The minimum Gasteiger partial charge on any atom is -0.394 e. The van der Waals surface area contributed by atoms with Crippen LogP contribution < -0.4 is 5.32 Å². The maximum absolute atomic E-state index is 12.0. The zero-order chi connectivity index (χ0) is 15.9. The van der Waals surface area contributed by atoms with Crippen molar-refractivity contribution >= 4 is 40.2 Å². The molecule has 0 bridgehead atoms. The van der Waals surface area contributed by atoms with Crippen molar-refractivity contribution in [1.29, 1.82) is 0 Å². The second-order valence-corrected chi connectivity index (χ2v) is 6.55. The third-order valence-electron chi connectivity index (χ3n) is 3.60. The molecule has 0 saturated heterocycles. The van der Waals surface area contributed by atoms with Crippen LogP contribution in [0.4, 0.5) is 0 Å². The van der Waals surface area contributed by atoms with Gasteiger partial charge in [-0.25, -0.2) is 0 Å². The quantitative estimate of drug-likeness (QED) is 0.777. The zero-order valence-corrected chi connectivity index (χ0v) is 14.2. The van der Waals surface area contributed by atoms with Crippen LogP contribution in [-0.2, 0) is 11.3 Å². The van der Waals surface area contributed by atoms with Gasteiger partial charge in [0.2, 0.25) is 5.91 Å². The van der Waals surface area contributed by atoms with Gasteiger partial charge in [-0.05, 0) is 36.6 Å². The molecule has 22 heavy (non-hydrogen) atoms. The van der Waals surface area contributed by atoms with Gasteiger partial charge in [-0.3, -0.25) is 4.79 Å². The number of halogens is 1. The van der Waals surface area contributed by atoms with Gasteiger partial charge in [0.15, 0.2) is 0 Å². The van der Waals surface area contributed by atoms with Gasteiger partial charge < -0.3 is 15.0 Å². The number of fused-ring (bicyclic) bond motifs is 1. The molecule has 0 fully saturated rings. The van der Waals surface area contributed by atoms with E-state index in [9.17, 15) is 9.90 Å². The van der Waals surface area contributed by atoms with Crippen LogP contribution in [0.1, 0.15) is 12.8 Å². The molecule has 2 N–H and O–H groups in total. The van der Waals surface area contributed by atoms with E-state index in [0.717, 1.165) is 28.1 Å². The normalized spacial score (nSPS) is 12.5. The fraction of sp³-hybridized carbons (Fsp3) is 0.438. The third kappa shape index (κ3) is 4.41. The predicted octanol–water partition coefficient (Wildman–Crippen LogP) is 2.92. The maximum atomic E-state index is 12.0. The molecule has 120 valence electrons. The maximum Gasteiger partial charge on any atom is 0.222 e. The summed E-state index contributed by atoms with van der Waals surface area (Å²) in [5.41, 5.74) is 1.03. The molecule has 4 nitrogen and oxygen atoms in total. The predicted molar refractivity (Wildman–Crippen MR) is 93.6 cm³/mol. The van der Waals surface area contributed by atoms with E-state index in [1.54, 1.807) is 11.8 Å². The summed E-state index contributed by atoms with van der Waals surface area (Å²) in [5, 5.41) is 13.9. The Morgan fingerprint density at radius 1 is 1.45 bits per heavy atom. The summed E-state index contributed by atoms with van der Waals surface area (Å²) in [4.78, 5) is 12.0. The number of nitrogens with one attached hydrogen (secondary N) is 1. The Kier molecular flexibility index (Phi) is 6.61. The molecular formula is C16H21ClN2O2S. The van der Waals surface area contributed by atoms with Crippen molar-refractivity contribution in [2.24, 2.45) is 0 Å². The van der Waals surface area contributed by atoms with Crippen LogP contribution in [0.15, 0.2) is 30.5 Å². The largest absolute Gasteiger partial charge is 0.394 e. The van der Waals surface area contributed by atoms with Crippen LogP contribution >= 0.6 is 23.4 Å². The first-order chi connectivity index (χ1) is 10.7. The molecule has 1 aromatic carbocycles. The third-order valence-corrected chi connectivity index (χ3v) is 4.57. The van der Waals surface area contributed by atoms with Crippen molar-refractivity contribution in [2.75, 3.05) is 18.6 Å². The van der Waals surface area contributed by atoms with Gasteiger partial charge in [0.05, 0.1) is 12.6 Å². The number of benzene rings is 1. The Labute approximate surface area is 139 Å². The van der Waals surface area contributed by atoms with Crippen molar-refractivity contribution in [1.82, 2.24) is 9.88 Å². The Bertz CT molecular complexity index is 630. The summed E-state index contributed by atoms with van der Waals surface area (Å²) in [5.74, 6) is 0.885. The molecule has 0 radical (unpaired) electrons. The van der Waals surface area contributed by atoms with E-state index in [1.165, 1.54) is 0 Å². The highest BCUT2D eigenvalue weighted by Gasteiger charge is 2.11. The number of nitrogens with zero attached hydrogens (tertiary/aromatic N) is 1. The fourth-order valence-electron chi connectivity index (χ4n) is 2.37. The average molecular weight is 341 g/mol. The van der Waals surface area contributed by atoms with Gasteiger partial charge in [-0.1, -0.05) is 17.7 Å². The van der Waals surface area contributed by atoms with Gasteiger partial charge in [0.1, 0.15) is 0 Å². The summed E-state index contributed by atoms with van der Waals surface area (Å²) in [6.07, 6.45) is 5.12. The Morgan fingerprint density at radius 2 is 2.27 bits per heavy atom. The number of carbonyl (C=O) groups excluding carboxylic acids is 1. The Balaban J connectivity index is 1.91. The molecule has 0 aliphatic heterocycles. The smallest absolute Gasteiger partial charge is 0.222 e. The molecule has 0 aliphatic rings. The summed E-state index contributed by atoms with van der Waals surface area (Å²) < 4.78 is 2.02. The number of carbonyl (C=O) groups is 1. The number of amides is 1. The number of aromatic nitrogens is 1. The number of hydrogen-bond acceptors (Lipinski definition) is 3. The molecule has 1 amide bonds. The molecule has 0 aliphatic carbocycles. The van der Waals surface area contributed by atoms with Crippen molar-refractivity contribution in [3.63, 3.8) is 0 Å². The molecule has 0 spiro atoms. The van der Waals surface area contributed by atoms with Gasteiger partial charge in [-0.2, -0.15) is 11.8 Å². The van der Waals surface area contributed by atoms with E-state index in [1.807, 2.05) is 41.3 Å². The van der Waals surface area contributed by atoms with E-state index < -0.39 is 0 Å².